The molecule has 1 heterocycles. The summed E-state index contributed by atoms with van der Waals surface area (Å²) in [5.74, 6) is 7.01. The van der Waals surface area contributed by atoms with E-state index in [2.05, 4.69) is 5.43 Å². The minimum absolute atomic E-state index is 0.282. The first kappa shape index (κ1) is 13.1. The zero-order valence-electron chi connectivity index (χ0n) is 10.5. The predicted octanol–water partition coefficient (Wildman–Crippen LogP) is 0.581. The lowest BCUT2D eigenvalue weighted by Gasteiger charge is -2.26. The van der Waals surface area contributed by atoms with E-state index in [4.69, 9.17) is 24.8 Å². The van der Waals surface area contributed by atoms with E-state index < -0.39 is 6.29 Å². The van der Waals surface area contributed by atoms with Gasteiger partial charge in [-0.05, 0) is 17.7 Å². The highest BCUT2D eigenvalue weighted by Crippen LogP contribution is 2.33. The average molecular weight is 254 g/mol. The van der Waals surface area contributed by atoms with Crippen LogP contribution in [0.15, 0.2) is 18.2 Å². The minimum atomic E-state index is -0.474. The molecule has 0 aliphatic carbocycles. The third kappa shape index (κ3) is 2.56. The summed E-state index contributed by atoms with van der Waals surface area (Å²) in [5, 5.41) is 0. The fraction of sp³-hybridized carbons (Fsp3) is 0.500. The topological polar surface area (TPSA) is 75.0 Å². The van der Waals surface area contributed by atoms with Gasteiger partial charge in [0.15, 0.2) is 17.8 Å². The molecule has 6 nitrogen and oxygen atoms in total. The van der Waals surface area contributed by atoms with Crippen LogP contribution in [0.2, 0.25) is 0 Å². The zero-order valence-corrected chi connectivity index (χ0v) is 10.5. The second-order valence-electron chi connectivity index (χ2n) is 3.89. The Morgan fingerprint density at radius 2 is 1.83 bits per heavy atom. The number of nitrogens with one attached hydrogen (secondary N) is 1. The van der Waals surface area contributed by atoms with Gasteiger partial charge >= 0.3 is 0 Å². The number of hydrazine groups is 1. The van der Waals surface area contributed by atoms with Crippen LogP contribution in [0.3, 0.4) is 0 Å². The molecule has 0 aromatic heterocycles. The summed E-state index contributed by atoms with van der Waals surface area (Å²) in [6.07, 6.45) is -0.474. The van der Waals surface area contributed by atoms with E-state index >= 15 is 0 Å². The molecule has 0 spiro atoms. The number of rotatable bonds is 5. The zero-order chi connectivity index (χ0) is 13.0. The number of methoxy groups -OCH3 is 2. The van der Waals surface area contributed by atoms with Gasteiger partial charge in [-0.2, -0.15) is 0 Å². The quantitative estimate of drug-likeness (QED) is 0.455. The highest BCUT2D eigenvalue weighted by atomic mass is 16.7. The van der Waals surface area contributed by atoms with E-state index in [1.165, 1.54) is 0 Å². The van der Waals surface area contributed by atoms with Gasteiger partial charge in [-0.1, -0.05) is 6.07 Å². The summed E-state index contributed by atoms with van der Waals surface area (Å²) in [7, 11) is 3.13. The number of hydrogen-bond donors (Lipinski definition) is 2. The minimum Gasteiger partial charge on any atom is -0.486 e. The van der Waals surface area contributed by atoms with Crippen LogP contribution in [0.25, 0.3) is 0 Å². The smallest absolute Gasteiger partial charge is 0.177 e. The predicted molar refractivity (Wildman–Crippen MR) is 65.3 cm³/mol. The van der Waals surface area contributed by atoms with Crippen molar-refractivity contribution in [1.29, 1.82) is 0 Å². The Hall–Kier alpha value is -1.34. The van der Waals surface area contributed by atoms with E-state index in [1.807, 2.05) is 18.2 Å². The molecule has 1 unspecified atom stereocenters. The molecule has 0 fully saturated rings. The van der Waals surface area contributed by atoms with Crippen LogP contribution in [0, 0.1) is 0 Å². The molecule has 1 aliphatic heterocycles. The third-order valence-electron chi connectivity index (χ3n) is 2.84. The summed E-state index contributed by atoms with van der Waals surface area (Å²) in [6, 6.07) is 5.36. The van der Waals surface area contributed by atoms with E-state index in [1.54, 1.807) is 14.2 Å². The van der Waals surface area contributed by atoms with Crippen molar-refractivity contribution in [3.8, 4) is 11.5 Å². The molecule has 1 aromatic carbocycles. The molecule has 0 radical (unpaired) electrons. The second kappa shape index (κ2) is 6.01. The molecule has 0 saturated heterocycles. The average Bonchev–Trinajstić information content (AvgIpc) is 2.44. The van der Waals surface area contributed by atoms with Gasteiger partial charge in [0.05, 0.1) is 6.04 Å². The number of ether oxygens (including phenoxy) is 4. The van der Waals surface area contributed by atoms with E-state index in [-0.39, 0.29) is 6.04 Å². The molecule has 0 bridgehead atoms. The van der Waals surface area contributed by atoms with Crippen LogP contribution in [0.1, 0.15) is 11.6 Å². The first-order valence-corrected chi connectivity index (χ1v) is 5.71. The van der Waals surface area contributed by atoms with Gasteiger partial charge in [0, 0.05) is 14.2 Å². The first-order valence-electron chi connectivity index (χ1n) is 5.71. The van der Waals surface area contributed by atoms with Gasteiger partial charge in [-0.25, -0.2) is 5.43 Å². The van der Waals surface area contributed by atoms with Crippen molar-refractivity contribution in [3.05, 3.63) is 23.8 Å². The molecular weight excluding hydrogens is 236 g/mol. The maximum atomic E-state index is 5.55. The number of nitrogens with two attached hydrogens (primary N) is 1. The molecule has 1 aliphatic rings. The number of hydrogen-bond acceptors (Lipinski definition) is 6. The van der Waals surface area contributed by atoms with Crippen LogP contribution in [0.4, 0.5) is 0 Å². The highest BCUT2D eigenvalue weighted by molar-refractivity contribution is 5.44. The second-order valence-corrected chi connectivity index (χ2v) is 3.89. The van der Waals surface area contributed by atoms with Gasteiger partial charge in [-0.15, -0.1) is 0 Å². The molecule has 1 atom stereocenters. The van der Waals surface area contributed by atoms with Gasteiger partial charge in [0.2, 0.25) is 0 Å². The molecule has 6 heteroatoms. The van der Waals surface area contributed by atoms with Crippen LogP contribution < -0.4 is 20.7 Å². The lowest BCUT2D eigenvalue weighted by atomic mass is 10.1. The summed E-state index contributed by atoms with van der Waals surface area (Å²) < 4.78 is 21.4. The Bertz CT molecular complexity index is 396. The Morgan fingerprint density at radius 3 is 2.44 bits per heavy atom. The van der Waals surface area contributed by atoms with Crippen molar-refractivity contribution < 1.29 is 18.9 Å². The van der Waals surface area contributed by atoms with Gasteiger partial charge in [0.1, 0.15) is 13.2 Å². The van der Waals surface area contributed by atoms with Crippen molar-refractivity contribution in [2.75, 3.05) is 27.4 Å². The number of fused-ring (bicyclic) bond motifs is 1. The molecule has 3 N–H and O–H groups in total. The van der Waals surface area contributed by atoms with Crippen molar-refractivity contribution in [2.45, 2.75) is 12.3 Å². The Kier molecular flexibility index (Phi) is 4.38. The molecule has 2 rings (SSSR count). The van der Waals surface area contributed by atoms with E-state index in [9.17, 15) is 0 Å². The summed E-state index contributed by atoms with van der Waals surface area (Å²) in [5.41, 5.74) is 3.59. The largest absolute Gasteiger partial charge is 0.486 e. The van der Waals surface area contributed by atoms with Gasteiger partial charge in [-0.3, -0.25) is 5.84 Å². The maximum Gasteiger partial charge on any atom is 0.177 e. The molecule has 18 heavy (non-hydrogen) atoms. The summed E-state index contributed by atoms with van der Waals surface area (Å²) in [4.78, 5) is 0. The Labute approximate surface area is 106 Å². The Balaban J connectivity index is 2.25. The summed E-state index contributed by atoms with van der Waals surface area (Å²) >= 11 is 0. The standard InChI is InChI=1S/C12H18N2O4/c1-15-12(16-2)11(14-13)8-3-4-9-10(7-8)18-6-5-17-9/h3-4,7,11-12,14H,5-6,13H2,1-2H3. The van der Waals surface area contributed by atoms with E-state index in [0.29, 0.717) is 19.0 Å². The van der Waals surface area contributed by atoms with Crippen molar-refractivity contribution >= 4 is 0 Å². The van der Waals surface area contributed by atoms with Crippen LogP contribution >= 0.6 is 0 Å². The lowest BCUT2D eigenvalue weighted by Crippen LogP contribution is -2.38. The van der Waals surface area contributed by atoms with Crippen LogP contribution in [-0.4, -0.2) is 33.7 Å². The summed E-state index contributed by atoms with van der Waals surface area (Å²) in [6.45, 7) is 1.12. The van der Waals surface area contributed by atoms with Gasteiger partial charge in [0.25, 0.3) is 0 Å². The first-order chi connectivity index (χ1) is 8.80. The normalized spacial score (nSPS) is 15.8. The van der Waals surface area contributed by atoms with Gasteiger partial charge < -0.3 is 18.9 Å². The van der Waals surface area contributed by atoms with Crippen molar-refractivity contribution in [2.24, 2.45) is 5.84 Å². The molecule has 0 saturated carbocycles. The molecule has 0 amide bonds. The third-order valence-corrected chi connectivity index (χ3v) is 2.84. The Morgan fingerprint density at radius 1 is 1.17 bits per heavy atom. The van der Waals surface area contributed by atoms with Crippen LogP contribution in [-0.2, 0) is 9.47 Å². The van der Waals surface area contributed by atoms with E-state index in [0.717, 1.165) is 11.3 Å². The van der Waals surface area contributed by atoms with Crippen LogP contribution in [0.5, 0.6) is 11.5 Å². The van der Waals surface area contributed by atoms with Crippen molar-refractivity contribution in [1.82, 2.24) is 5.43 Å². The SMILES string of the molecule is COC(OC)C(NN)c1ccc2c(c1)OCCO2. The molecule has 1 aromatic rings. The molecular formula is C12H18N2O4. The van der Waals surface area contributed by atoms with Crippen molar-refractivity contribution in [3.63, 3.8) is 0 Å². The highest BCUT2D eigenvalue weighted by Gasteiger charge is 2.23. The number of benzene rings is 1. The molecule has 100 valence electrons. The maximum absolute atomic E-state index is 5.55. The fourth-order valence-electron chi connectivity index (χ4n) is 1.95. The fourth-order valence-corrected chi connectivity index (χ4v) is 1.95. The lowest BCUT2D eigenvalue weighted by molar-refractivity contribution is -0.124. The monoisotopic (exact) mass is 254 g/mol.